The predicted molar refractivity (Wildman–Crippen MR) is 27.2 cm³/mol. The van der Waals surface area contributed by atoms with Gasteiger partial charge in [0.05, 0.1) is 0 Å². The van der Waals surface area contributed by atoms with Gasteiger partial charge in [-0.2, -0.15) is 30.7 Å². The van der Waals surface area contributed by atoms with Crippen LogP contribution in [0.25, 0.3) is 0 Å². The van der Waals surface area contributed by atoms with Gasteiger partial charge in [0.25, 0.3) is 0 Å². The summed E-state index contributed by atoms with van der Waals surface area (Å²) in [6.45, 7) is 0. The number of ether oxygens (including phenoxy) is 1. The Balaban J connectivity index is 4.63. The second-order valence-corrected chi connectivity index (χ2v) is 2.13. The zero-order valence-corrected chi connectivity index (χ0v) is 6.19. The zero-order chi connectivity index (χ0) is 10.9. The highest BCUT2D eigenvalue weighted by Crippen LogP contribution is 2.40. The normalized spacial score (nSPS) is 12.6. The summed E-state index contributed by atoms with van der Waals surface area (Å²) >= 11 is 3.73. The first-order valence-electron chi connectivity index (χ1n) is 2.42. The molecule has 0 aliphatic rings. The SMILES string of the molecule is FC(F)=C(F)OC(F)(F)C(F)(F)Cl. The van der Waals surface area contributed by atoms with E-state index in [1.165, 1.54) is 0 Å². The molecule has 0 aromatic heterocycles. The van der Waals surface area contributed by atoms with Crippen LogP contribution in [0.4, 0.5) is 30.7 Å². The van der Waals surface area contributed by atoms with Crippen molar-refractivity contribution < 1.29 is 35.5 Å². The van der Waals surface area contributed by atoms with Crippen LogP contribution in [0, 0.1) is 0 Å². The molecule has 0 aromatic rings. The van der Waals surface area contributed by atoms with Crippen molar-refractivity contribution in [1.29, 1.82) is 0 Å². The first-order valence-corrected chi connectivity index (χ1v) is 2.80. The standard InChI is InChI=1S/C4ClF7O/c5-3(9,10)4(11,12)13-2(8)1(6)7. The Morgan fingerprint density at radius 2 is 1.38 bits per heavy atom. The molecular weight excluding hydrogens is 232 g/mol. The van der Waals surface area contributed by atoms with Crippen LogP contribution in [0.15, 0.2) is 12.1 Å². The third-order valence-electron chi connectivity index (χ3n) is 0.696. The molecule has 0 radical (unpaired) electrons. The molecule has 0 saturated carbocycles. The van der Waals surface area contributed by atoms with Crippen molar-refractivity contribution in [1.82, 2.24) is 0 Å². The van der Waals surface area contributed by atoms with E-state index in [1.807, 2.05) is 0 Å². The van der Waals surface area contributed by atoms with Crippen molar-refractivity contribution in [3.05, 3.63) is 12.1 Å². The molecule has 0 N–H and O–H groups in total. The van der Waals surface area contributed by atoms with Gasteiger partial charge in [0.15, 0.2) is 0 Å². The van der Waals surface area contributed by atoms with Crippen LogP contribution >= 0.6 is 11.6 Å². The molecule has 0 fully saturated rings. The average Bonchev–Trinajstić information content (AvgIpc) is 1.83. The molecule has 0 saturated heterocycles. The summed E-state index contributed by atoms with van der Waals surface area (Å²) in [5.74, 6) is 0. The van der Waals surface area contributed by atoms with Gasteiger partial charge in [-0.1, -0.05) is 0 Å². The lowest BCUT2D eigenvalue weighted by molar-refractivity contribution is -0.309. The highest BCUT2D eigenvalue weighted by atomic mass is 35.5. The minimum absolute atomic E-state index is 2.31. The van der Waals surface area contributed by atoms with E-state index in [2.05, 4.69) is 16.3 Å². The Bertz CT molecular complexity index is 215. The molecule has 9 heteroatoms. The van der Waals surface area contributed by atoms with E-state index in [-0.39, 0.29) is 0 Å². The molecule has 0 aliphatic carbocycles. The summed E-state index contributed by atoms with van der Waals surface area (Å²) in [7, 11) is 0. The van der Waals surface area contributed by atoms with Crippen molar-refractivity contribution in [2.75, 3.05) is 0 Å². The molecule has 0 heterocycles. The van der Waals surface area contributed by atoms with Gasteiger partial charge in [0.2, 0.25) is 0 Å². The van der Waals surface area contributed by atoms with Gasteiger partial charge in [-0.15, -0.1) is 0 Å². The first-order chi connectivity index (χ1) is 5.58. The molecule has 0 bridgehead atoms. The lowest BCUT2D eigenvalue weighted by atomic mass is 10.6. The molecule has 0 aliphatic heterocycles. The Hall–Kier alpha value is -0.660. The van der Waals surface area contributed by atoms with E-state index in [0.29, 0.717) is 0 Å². The Morgan fingerprint density at radius 3 is 1.62 bits per heavy atom. The summed E-state index contributed by atoms with van der Waals surface area (Å²) in [5.41, 5.74) is 0. The molecular formula is C4ClF7O. The minimum atomic E-state index is -5.54. The summed E-state index contributed by atoms with van der Waals surface area (Å²) in [6, 6.07) is -3.11. The van der Waals surface area contributed by atoms with Crippen molar-refractivity contribution in [3.63, 3.8) is 0 Å². The smallest absolute Gasteiger partial charge is 0.397 e. The van der Waals surface area contributed by atoms with Gasteiger partial charge in [0.1, 0.15) is 0 Å². The van der Waals surface area contributed by atoms with E-state index in [4.69, 9.17) is 0 Å². The predicted octanol–water partition coefficient (Wildman–Crippen LogP) is 3.46. The van der Waals surface area contributed by atoms with Crippen molar-refractivity contribution in [2.24, 2.45) is 0 Å². The molecule has 0 rings (SSSR count). The third-order valence-corrected chi connectivity index (χ3v) is 0.916. The maximum Gasteiger partial charge on any atom is 0.482 e. The minimum Gasteiger partial charge on any atom is -0.397 e. The molecule has 0 unspecified atom stereocenters. The summed E-state index contributed by atoms with van der Waals surface area (Å²) in [5, 5.41) is -5.28. The second-order valence-electron chi connectivity index (χ2n) is 1.65. The zero-order valence-electron chi connectivity index (χ0n) is 5.43. The Labute approximate surface area is 71.7 Å². The van der Waals surface area contributed by atoms with Crippen molar-refractivity contribution >= 4 is 11.6 Å². The van der Waals surface area contributed by atoms with Crippen LogP contribution in [0.1, 0.15) is 0 Å². The van der Waals surface area contributed by atoms with Gasteiger partial charge < -0.3 is 4.74 Å². The van der Waals surface area contributed by atoms with Crippen LogP contribution in [-0.2, 0) is 4.74 Å². The summed E-state index contributed by atoms with van der Waals surface area (Å²) in [6.07, 6.45) is -8.83. The Kier molecular flexibility index (Phi) is 3.42. The number of alkyl halides is 5. The van der Waals surface area contributed by atoms with E-state index >= 15 is 0 Å². The lowest BCUT2D eigenvalue weighted by Crippen LogP contribution is -2.37. The quantitative estimate of drug-likeness (QED) is 0.411. The van der Waals surface area contributed by atoms with Crippen LogP contribution in [0.5, 0.6) is 0 Å². The molecule has 0 spiro atoms. The molecule has 13 heavy (non-hydrogen) atoms. The summed E-state index contributed by atoms with van der Waals surface area (Å²) in [4.78, 5) is 0. The third kappa shape index (κ3) is 3.29. The van der Waals surface area contributed by atoms with Crippen LogP contribution in [0.2, 0.25) is 0 Å². The Morgan fingerprint density at radius 1 is 1.00 bits per heavy atom. The van der Waals surface area contributed by atoms with Crippen LogP contribution < -0.4 is 0 Å². The fraction of sp³-hybridized carbons (Fsp3) is 0.500. The van der Waals surface area contributed by atoms with Gasteiger partial charge in [-0.25, -0.2) is 0 Å². The highest BCUT2D eigenvalue weighted by Gasteiger charge is 2.59. The first kappa shape index (κ1) is 12.3. The fourth-order valence-electron chi connectivity index (χ4n) is 0.209. The molecule has 78 valence electrons. The van der Waals surface area contributed by atoms with E-state index in [9.17, 15) is 30.7 Å². The van der Waals surface area contributed by atoms with Gasteiger partial charge in [-0.3, -0.25) is 0 Å². The maximum absolute atomic E-state index is 11.8. The molecule has 0 aromatic carbocycles. The number of hydrogen-bond acceptors (Lipinski definition) is 1. The van der Waals surface area contributed by atoms with Crippen molar-refractivity contribution in [2.45, 2.75) is 11.5 Å². The molecule has 1 nitrogen and oxygen atoms in total. The fourth-order valence-corrected chi connectivity index (χ4v) is 0.248. The average molecular weight is 232 g/mol. The van der Waals surface area contributed by atoms with Gasteiger partial charge >= 0.3 is 23.6 Å². The number of hydrogen-bond donors (Lipinski definition) is 0. The van der Waals surface area contributed by atoms with Crippen molar-refractivity contribution in [3.8, 4) is 0 Å². The maximum atomic E-state index is 11.8. The largest absolute Gasteiger partial charge is 0.482 e. The topological polar surface area (TPSA) is 9.23 Å². The van der Waals surface area contributed by atoms with Gasteiger partial charge in [0, 0.05) is 0 Å². The van der Waals surface area contributed by atoms with Gasteiger partial charge in [-0.05, 0) is 11.6 Å². The van der Waals surface area contributed by atoms with E-state index in [0.717, 1.165) is 0 Å². The van der Waals surface area contributed by atoms with Crippen LogP contribution in [-0.4, -0.2) is 11.5 Å². The van der Waals surface area contributed by atoms with E-state index in [1.54, 1.807) is 0 Å². The molecule has 0 atom stereocenters. The highest BCUT2D eigenvalue weighted by molar-refractivity contribution is 6.22. The molecule has 0 amide bonds. The lowest BCUT2D eigenvalue weighted by Gasteiger charge is -2.19. The second kappa shape index (κ2) is 3.60. The summed E-state index contributed by atoms with van der Waals surface area (Å²) < 4.78 is 82.9. The number of rotatable bonds is 3. The van der Waals surface area contributed by atoms with Crippen LogP contribution in [0.3, 0.4) is 0 Å². The monoisotopic (exact) mass is 232 g/mol. The number of halogens is 8. The van der Waals surface area contributed by atoms with E-state index < -0.39 is 23.6 Å².